The third-order valence-corrected chi connectivity index (χ3v) is 4.50. The van der Waals surface area contributed by atoms with Gasteiger partial charge >= 0.3 is 5.63 Å². The maximum absolute atomic E-state index is 14.2. The second-order valence-corrected chi connectivity index (χ2v) is 6.45. The second kappa shape index (κ2) is 6.52. The molecule has 0 saturated carbocycles. The standard InChI is InChI=1S/C21H13FN4O3/c1-12-10-20(27)29-17-11-13(6-7-14(12)17)28-19-9-8-18-23-24-21(26(18)25-19)15-4-2-3-5-16(15)22/h2-11H,1H3. The minimum Gasteiger partial charge on any atom is -0.437 e. The van der Waals surface area contributed by atoms with Crippen LogP contribution >= 0.6 is 0 Å². The van der Waals surface area contributed by atoms with Crippen molar-refractivity contribution < 1.29 is 13.5 Å². The van der Waals surface area contributed by atoms with Gasteiger partial charge in [0.1, 0.15) is 17.1 Å². The molecule has 5 rings (SSSR count). The summed E-state index contributed by atoms with van der Waals surface area (Å²) >= 11 is 0. The number of hydrogen-bond acceptors (Lipinski definition) is 6. The van der Waals surface area contributed by atoms with Gasteiger partial charge in [-0.15, -0.1) is 15.3 Å². The largest absolute Gasteiger partial charge is 0.437 e. The van der Waals surface area contributed by atoms with Crippen molar-refractivity contribution in [3.8, 4) is 23.0 Å². The Bertz CT molecular complexity index is 1440. The number of fused-ring (bicyclic) bond motifs is 2. The zero-order valence-corrected chi connectivity index (χ0v) is 15.2. The number of rotatable bonds is 3. The first-order chi connectivity index (χ1) is 14.1. The zero-order valence-electron chi connectivity index (χ0n) is 15.2. The van der Waals surface area contributed by atoms with E-state index in [1.807, 2.05) is 13.0 Å². The van der Waals surface area contributed by atoms with Gasteiger partial charge in [0.15, 0.2) is 11.5 Å². The maximum atomic E-state index is 14.2. The van der Waals surface area contributed by atoms with Crippen LogP contribution in [0.5, 0.6) is 11.6 Å². The summed E-state index contributed by atoms with van der Waals surface area (Å²) in [5.74, 6) is 0.543. The molecule has 7 nitrogen and oxygen atoms in total. The average molecular weight is 388 g/mol. The van der Waals surface area contributed by atoms with E-state index in [4.69, 9.17) is 9.15 Å². The summed E-state index contributed by atoms with van der Waals surface area (Å²) in [6, 6.07) is 16.2. The molecule has 0 aliphatic carbocycles. The molecular formula is C21H13FN4O3. The predicted molar refractivity (Wildman–Crippen MR) is 103 cm³/mol. The normalized spacial score (nSPS) is 11.2. The lowest BCUT2D eigenvalue weighted by molar-refractivity contribution is 0.451. The van der Waals surface area contributed by atoms with Crippen molar-refractivity contribution in [2.75, 3.05) is 0 Å². The Morgan fingerprint density at radius 2 is 1.90 bits per heavy atom. The van der Waals surface area contributed by atoms with Gasteiger partial charge in [0.25, 0.3) is 0 Å². The van der Waals surface area contributed by atoms with E-state index in [0.29, 0.717) is 17.0 Å². The summed E-state index contributed by atoms with van der Waals surface area (Å²) in [5, 5.41) is 13.3. The molecule has 0 atom stereocenters. The van der Waals surface area contributed by atoms with Gasteiger partial charge in [-0.3, -0.25) is 0 Å². The number of halogens is 1. The third-order valence-electron chi connectivity index (χ3n) is 4.50. The molecule has 0 amide bonds. The highest BCUT2D eigenvalue weighted by atomic mass is 19.1. The number of benzene rings is 2. The maximum Gasteiger partial charge on any atom is 0.336 e. The van der Waals surface area contributed by atoms with Gasteiger partial charge in [0.2, 0.25) is 5.88 Å². The molecule has 2 aromatic carbocycles. The monoisotopic (exact) mass is 388 g/mol. The van der Waals surface area contributed by atoms with Crippen LogP contribution in [0.25, 0.3) is 28.0 Å². The predicted octanol–water partition coefficient (Wildman–Crippen LogP) is 4.14. The lowest BCUT2D eigenvalue weighted by Crippen LogP contribution is -2.00. The van der Waals surface area contributed by atoms with Crippen LogP contribution in [0.15, 0.2) is 69.9 Å². The molecule has 0 aliphatic heterocycles. The molecule has 29 heavy (non-hydrogen) atoms. The van der Waals surface area contributed by atoms with Crippen molar-refractivity contribution in [2.45, 2.75) is 6.92 Å². The van der Waals surface area contributed by atoms with Gasteiger partial charge in [0.05, 0.1) is 5.56 Å². The fourth-order valence-corrected chi connectivity index (χ4v) is 3.13. The lowest BCUT2D eigenvalue weighted by atomic mass is 10.1. The third kappa shape index (κ3) is 3.00. The van der Waals surface area contributed by atoms with E-state index in [1.54, 1.807) is 42.5 Å². The summed E-state index contributed by atoms with van der Waals surface area (Å²) < 4.78 is 26.6. The topological polar surface area (TPSA) is 82.5 Å². The fraction of sp³-hybridized carbons (Fsp3) is 0.0476. The van der Waals surface area contributed by atoms with Crippen LogP contribution in [-0.4, -0.2) is 19.8 Å². The van der Waals surface area contributed by atoms with E-state index in [-0.39, 0.29) is 17.3 Å². The second-order valence-electron chi connectivity index (χ2n) is 6.45. The molecule has 0 N–H and O–H groups in total. The molecule has 0 fully saturated rings. The minimum atomic E-state index is -0.425. The number of hydrogen-bond donors (Lipinski definition) is 0. The van der Waals surface area contributed by atoms with Crippen LogP contribution in [0.1, 0.15) is 5.56 Å². The first kappa shape index (κ1) is 17.1. The lowest BCUT2D eigenvalue weighted by Gasteiger charge is -2.07. The summed E-state index contributed by atoms with van der Waals surface area (Å²) in [7, 11) is 0. The minimum absolute atomic E-state index is 0.254. The van der Waals surface area contributed by atoms with Crippen LogP contribution < -0.4 is 10.4 Å². The van der Waals surface area contributed by atoms with Crippen molar-refractivity contribution in [2.24, 2.45) is 0 Å². The van der Waals surface area contributed by atoms with Gasteiger partial charge in [-0.25, -0.2) is 9.18 Å². The molecule has 5 aromatic rings. The molecule has 0 unspecified atom stereocenters. The Morgan fingerprint density at radius 1 is 1.03 bits per heavy atom. The fourth-order valence-electron chi connectivity index (χ4n) is 3.13. The zero-order chi connectivity index (χ0) is 20.0. The van der Waals surface area contributed by atoms with Crippen LogP contribution in [-0.2, 0) is 0 Å². The van der Waals surface area contributed by atoms with Gasteiger partial charge in [-0.2, -0.15) is 4.52 Å². The molecule has 0 saturated heterocycles. The highest BCUT2D eigenvalue weighted by Crippen LogP contribution is 2.27. The molecule has 0 radical (unpaired) electrons. The quantitative estimate of drug-likeness (QED) is 0.432. The summed E-state index contributed by atoms with van der Waals surface area (Å²) in [4.78, 5) is 11.6. The van der Waals surface area contributed by atoms with E-state index in [9.17, 15) is 9.18 Å². The van der Waals surface area contributed by atoms with Crippen LogP contribution in [0.3, 0.4) is 0 Å². The Labute approximate surface area is 163 Å². The van der Waals surface area contributed by atoms with Crippen molar-refractivity contribution in [1.82, 2.24) is 19.8 Å². The SMILES string of the molecule is Cc1cc(=O)oc2cc(Oc3ccc4nnc(-c5ccccc5F)n4n3)ccc12. The van der Waals surface area contributed by atoms with Crippen molar-refractivity contribution in [1.29, 1.82) is 0 Å². The molecular weight excluding hydrogens is 375 g/mol. The van der Waals surface area contributed by atoms with Crippen molar-refractivity contribution >= 4 is 16.6 Å². The number of nitrogens with zero attached hydrogens (tertiary/aromatic N) is 4. The number of aromatic nitrogens is 4. The smallest absolute Gasteiger partial charge is 0.336 e. The van der Waals surface area contributed by atoms with E-state index in [1.165, 1.54) is 16.6 Å². The van der Waals surface area contributed by atoms with Gasteiger partial charge in [-0.05, 0) is 42.8 Å². The van der Waals surface area contributed by atoms with E-state index in [2.05, 4.69) is 15.3 Å². The first-order valence-electron chi connectivity index (χ1n) is 8.78. The Balaban J connectivity index is 1.56. The van der Waals surface area contributed by atoms with Crippen LogP contribution in [0.2, 0.25) is 0 Å². The molecule has 8 heteroatoms. The molecule has 0 aliphatic rings. The highest BCUT2D eigenvalue weighted by Gasteiger charge is 2.14. The van der Waals surface area contributed by atoms with E-state index >= 15 is 0 Å². The Hall–Kier alpha value is -4.07. The molecule has 142 valence electrons. The molecule has 3 aromatic heterocycles. The summed E-state index contributed by atoms with van der Waals surface area (Å²) in [6.07, 6.45) is 0. The van der Waals surface area contributed by atoms with Gasteiger partial charge in [-0.1, -0.05) is 12.1 Å². The summed E-state index contributed by atoms with van der Waals surface area (Å²) in [6.45, 7) is 1.84. The van der Waals surface area contributed by atoms with Crippen LogP contribution in [0, 0.1) is 12.7 Å². The van der Waals surface area contributed by atoms with E-state index < -0.39 is 11.4 Å². The van der Waals surface area contributed by atoms with Gasteiger partial charge in [0, 0.05) is 23.6 Å². The molecule has 3 heterocycles. The Morgan fingerprint density at radius 3 is 2.76 bits per heavy atom. The highest BCUT2D eigenvalue weighted by molar-refractivity contribution is 5.81. The van der Waals surface area contributed by atoms with Gasteiger partial charge < -0.3 is 9.15 Å². The Kier molecular flexibility index (Phi) is 3.83. The average Bonchev–Trinajstić information content (AvgIpc) is 3.11. The van der Waals surface area contributed by atoms with E-state index in [0.717, 1.165) is 10.9 Å². The number of aryl methyl sites for hydroxylation is 1. The first-order valence-corrected chi connectivity index (χ1v) is 8.78. The van der Waals surface area contributed by atoms with Crippen molar-refractivity contribution in [3.05, 3.63) is 82.5 Å². The molecule has 0 spiro atoms. The number of ether oxygens (including phenoxy) is 1. The van der Waals surface area contributed by atoms with Crippen LogP contribution in [0.4, 0.5) is 4.39 Å². The molecule has 0 bridgehead atoms. The summed E-state index contributed by atoms with van der Waals surface area (Å²) in [5.41, 5.74) is 1.56. The van der Waals surface area contributed by atoms with Crippen molar-refractivity contribution in [3.63, 3.8) is 0 Å².